The molecule has 0 unspecified atom stereocenters. The zero-order valence-electron chi connectivity index (χ0n) is 9.96. The normalized spacial score (nSPS) is 17.0. The van der Waals surface area contributed by atoms with Crippen LogP contribution < -0.4 is 5.73 Å². The fourth-order valence-electron chi connectivity index (χ4n) is 1.55. The third kappa shape index (κ3) is 8.30. The molecule has 0 saturated heterocycles. The summed E-state index contributed by atoms with van der Waals surface area (Å²) >= 11 is 0. The van der Waals surface area contributed by atoms with Crippen molar-refractivity contribution in [1.82, 2.24) is 0 Å². The molecule has 1 rings (SSSR count). The van der Waals surface area contributed by atoms with Gasteiger partial charge in [-0.05, 0) is 24.8 Å². The van der Waals surface area contributed by atoms with Gasteiger partial charge in [-0.1, -0.05) is 30.5 Å². The lowest BCUT2D eigenvalue weighted by atomic mass is 9.97. The molecule has 6 heteroatoms. The number of nitrogens with two attached hydrogens (primary N) is 1. The van der Waals surface area contributed by atoms with Gasteiger partial charge in [0.1, 0.15) is 6.04 Å². The minimum atomic E-state index is -1.13. The van der Waals surface area contributed by atoms with Gasteiger partial charge >= 0.3 is 5.97 Å². The molecule has 17 heavy (non-hydrogen) atoms. The highest BCUT2D eigenvalue weighted by Crippen LogP contribution is 2.14. The second-order valence-electron chi connectivity index (χ2n) is 3.98. The van der Waals surface area contributed by atoms with E-state index in [2.05, 4.69) is 16.6 Å². The number of carboxylic acid groups (broad SMARTS) is 1. The molecule has 0 aromatic rings. The largest absolute Gasteiger partial charge is 0.481 e. The van der Waals surface area contributed by atoms with E-state index in [-0.39, 0.29) is 6.42 Å². The fraction of sp³-hybridized carbons (Fsp3) is 0.727. The molecular weight excluding hydrogens is 220 g/mol. The maximum atomic E-state index is 10.2. The topological polar surface area (TPSA) is 112 Å². The SMILES string of the molecule is C=CC[C@H](N=[N+]=[N-])C(=O)O.NC1CCCCC1. The van der Waals surface area contributed by atoms with Gasteiger partial charge < -0.3 is 10.8 Å². The van der Waals surface area contributed by atoms with E-state index < -0.39 is 12.0 Å². The van der Waals surface area contributed by atoms with Crippen LogP contribution in [0.25, 0.3) is 10.4 Å². The van der Waals surface area contributed by atoms with Crippen LogP contribution in [0.2, 0.25) is 0 Å². The lowest BCUT2D eigenvalue weighted by Gasteiger charge is -2.15. The summed E-state index contributed by atoms with van der Waals surface area (Å²) in [5.74, 6) is -1.13. The number of carbonyl (C=O) groups is 1. The Bertz CT molecular complexity index is 279. The number of rotatable bonds is 4. The first kappa shape index (κ1) is 15.5. The maximum absolute atomic E-state index is 10.2. The minimum absolute atomic E-state index is 0.166. The van der Waals surface area contributed by atoms with Crippen LogP contribution in [0.4, 0.5) is 0 Å². The van der Waals surface area contributed by atoms with Crippen LogP contribution in [0.5, 0.6) is 0 Å². The van der Waals surface area contributed by atoms with Crippen molar-refractivity contribution in [3.63, 3.8) is 0 Å². The highest BCUT2D eigenvalue weighted by molar-refractivity contribution is 5.73. The van der Waals surface area contributed by atoms with Crippen molar-refractivity contribution in [1.29, 1.82) is 0 Å². The van der Waals surface area contributed by atoms with Crippen molar-refractivity contribution in [2.45, 2.75) is 50.6 Å². The first-order valence-electron chi connectivity index (χ1n) is 5.75. The molecule has 1 aliphatic carbocycles. The average Bonchev–Trinajstić information content (AvgIpc) is 2.30. The molecule has 0 aromatic heterocycles. The third-order valence-electron chi connectivity index (χ3n) is 2.52. The molecule has 1 saturated carbocycles. The Balaban J connectivity index is 0.000000318. The number of hydrogen-bond acceptors (Lipinski definition) is 3. The summed E-state index contributed by atoms with van der Waals surface area (Å²) in [5.41, 5.74) is 13.5. The summed E-state index contributed by atoms with van der Waals surface area (Å²) < 4.78 is 0. The van der Waals surface area contributed by atoms with E-state index in [1.165, 1.54) is 38.2 Å². The number of azide groups is 1. The maximum Gasteiger partial charge on any atom is 0.312 e. The quantitative estimate of drug-likeness (QED) is 0.341. The van der Waals surface area contributed by atoms with Gasteiger partial charge in [0.15, 0.2) is 0 Å². The molecule has 0 radical (unpaired) electrons. The monoisotopic (exact) mass is 240 g/mol. The van der Waals surface area contributed by atoms with Crippen LogP contribution in [0, 0.1) is 0 Å². The van der Waals surface area contributed by atoms with Gasteiger partial charge in [0.2, 0.25) is 0 Å². The summed E-state index contributed by atoms with van der Waals surface area (Å²) in [6.45, 7) is 3.32. The lowest BCUT2D eigenvalue weighted by Crippen LogP contribution is -2.22. The van der Waals surface area contributed by atoms with Crippen LogP contribution >= 0.6 is 0 Å². The van der Waals surface area contributed by atoms with E-state index in [0.717, 1.165) is 0 Å². The summed E-state index contributed by atoms with van der Waals surface area (Å²) in [4.78, 5) is 12.5. The predicted octanol–water partition coefficient (Wildman–Crippen LogP) is 2.60. The Kier molecular flexibility index (Phi) is 8.82. The molecule has 0 aromatic carbocycles. The van der Waals surface area contributed by atoms with E-state index in [9.17, 15) is 4.79 Å². The summed E-state index contributed by atoms with van der Waals surface area (Å²) in [6.07, 6.45) is 8.23. The molecule has 96 valence electrons. The van der Waals surface area contributed by atoms with Crippen LogP contribution in [-0.2, 0) is 4.79 Å². The molecule has 0 spiro atoms. The van der Waals surface area contributed by atoms with Crippen molar-refractivity contribution >= 4 is 5.97 Å². The first-order valence-corrected chi connectivity index (χ1v) is 5.75. The first-order chi connectivity index (χ1) is 8.11. The van der Waals surface area contributed by atoms with Crippen molar-refractivity contribution in [3.05, 3.63) is 23.1 Å². The smallest absolute Gasteiger partial charge is 0.312 e. The molecular formula is C11H20N4O2. The molecule has 0 amide bonds. The summed E-state index contributed by atoms with van der Waals surface area (Å²) in [7, 11) is 0. The van der Waals surface area contributed by atoms with Gasteiger partial charge in [-0.3, -0.25) is 4.79 Å². The lowest BCUT2D eigenvalue weighted by molar-refractivity contribution is -0.138. The second-order valence-corrected chi connectivity index (χ2v) is 3.98. The molecule has 0 heterocycles. The van der Waals surface area contributed by atoms with Crippen LogP contribution in [0.3, 0.4) is 0 Å². The molecule has 3 N–H and O–H groups in total. The zero-order valence-corrected chi connectivity index (χ0v) is 9.96. The van der Waals surface area contributed by atoms with Crippen LogP contribution in [0.1, 0.15) is 38.5 Å². The fourth-order valence-corrected chi connectivity index (χ4v) is 1.55. The predicted molar refractivity (Wildman–Crippen MR) is 66.4 cm³/mol. The Morgan fingerprint density at radius 2 is 2.18 bits per heavy atom. The van der Waals surface area contributed by atoms with Gasteiger partial charge in [-0.15, -0.1) is 6.58 Å². The van der Waals surface area contributed by atoms with E-state index >= 15 is 0 Å². The zero-order chi connectivity index (χ0) is 13.1. The Morgan fingerprint density at radius 1 is 1.59 bits per heavy atom. The number of nitrogens with zero attached hydrogens (tertiary/aromatic N) is 3. The van der Waals surface area contributed by atoms with E-state index in [4.69, 9.17) is 16.4 Å². The van der Waals surface area contributed by atoms with Gasteiger partial charge in [0.05, 0.1) is 0 Å². The number of aliphatic carboxylic acids is 1. The van der Waals surface area contributed by atoms with Crippen molar-refractivity contribution in [3.8, 4) is 0 Å². The number of hydrogen-bond donors (Lipinski definition) is 2. The van der Waals surface area contributed by atoms with Gasteiger partial charge in [0, 0.05) is 11.0 Å². The molecule has 1 aliphatic rings. The molecule has 0 bridgehead atoms. The highest BCUT2D eigenvalue weighted by atomic mass is 16.4. The van der Waals surface area contributed by atoms with Gasteiger partial charge in [-0.25, -0.2) is 0 Å². The van der Waals surface area contributed by atoms with Crippen LogP contribution in [0.15, 0.2) is 17.8 Å². The van der Waals surface area contributed by atoms with E-state index in [1.807, 2.05) is 0 Å². The Labute approximate surface area is 101 Å². The van der Waals surface area contributed by atoms with Gasteiger partial charge in [-0.2, -0.15) is 0 Å². The Morgan fingerprint density at radius 3 is 2.47 bits per heavy atom. The van der Waals surface area contributed by atoms with E-state index in [1.54, 1.807) is 0 Å². The average molecular weight is 240 g/mol. The number of carboxylic acids is 1. The van der Waals surface area contributed by atoms with Crippen molar-refractivity contribution in [2.75, 3.05) is 0 Å². The van der Waals surface area contributed by atoms with Crippen molar-refractivity contribution in [2.24, 2.45) is 10.8 Å². The highest BCUT2D eigenvalue weighted by Gasteiger charge is 2.11. The van der Waals surface area contributed by atoms with Crippen LogP contribution in [-0.4, -0.2) is 23.2 Å². The molecule has 0 aliphatic heterocycles. The summed E-state index contributed by atoms with van der Waals surface area (Å²) in [6, 6.07) is -0.476. The Hall–Kier alpha value is -1.52. The standard InChI is InChI=1S/C6H13N.C5H7N3O2/c7-6-4-2-1-3-5-6;1-2-3-4(5(9)10)7-8-6/h6H,1-5,7H2;2,4H,1,3H2,(H,9,10)/t;4-/m.0/s1. The second kappa shape index (κ2) is 9.69. The summed E-state index contributed by atoms with van der Waals surface area (Å²) in [5, 5.41) is 11.3. The van der Waals surface area contributed by atoms with Crippen molar-refractivity contribution < 1.29 is 9.90 Å². The third-order valence-corrected chi connectivity index (χ3v) is 2.52. The van der Waals surface area contributed by atoms with Gasteiger partial charge in [0.25, 0.3) is 0 Å². The molecule has 1 fully saturated rings. The van der Waals surface area contributed by atoms with E-state index in [0.29, 0.717) is 6.04 Å². The minimum Gasteiger partial charge on any atom is -0.481 e. The molecule has 6 nitrogen and oxygen atoms in total. The molecule has 1 atom stereocenters.